The third-order valence-corrected chi connectivity index (χ3v) is 3.78. The van der Waals surface area contributed by atoms with E-state index in [1.54, 1.807) is 0 Å². The molecule has 0 aromatic rings. The van der Waals surface area contributed by atoms with E-state index in [0.29, 0.717) is 24.8 Å². The predicted molar refractivity (Wildman–Crippen MR) is 67.0 cm³/mol. The molecule has 94 valence electrons. The summed E-state index contributed by atoms with van der Waals surface area (Å²) in [6, 6.07) is 0. The third kappa shape index (κ3) is 4.52. The van der Waals surface area contributed by atoms with E-state index in [-0.39, 0.29) is 5.91 Å². The van der Waals surface area contributed by atoms with Crippen molar-refractivity contribution < 1.29 is 4.79 Å². The second-order valence-corrected chi connectivity index (χ2v) is 5.30. The van der Waals surface area contributed by atoms with Crippen LogP contribution < -0.4 is 11.1 Å². The largest absolute Gasteiger partial charge is 0.356 e. The van der Waals surface area contributed by atoms with E-state index in [0.717, 1.165) is 18.9 Å². The maximum Gasteiger partial charge on any atom is 0.220 e. The lowest BCUT2D eigenvalue weighted by atomic mass is 10.0. The Morgan fingerprint density at radius 3 is 2.75 bits per heavy atom. The Morgan fingerprint density at radius 1 is 1.50 bits per heavy atom. The molecule has 0 heterocycles. The SMILES string of the molecule is CCC(CN)CC(=O)NCC1CCC(C)C1. The van der Waals surface area contributed by atoms with Gasteiger partial charge in [-0.3, -0.25) is 4.79 Å². The van der Waals surface area contributed by atoms with Gasteiger partial charge in [0.2, 0.25) is 5.91 Å². The Kier molecular flexibility index (Phi) is 5.81. The van der Waals surface area contributed by atoms with Crippen LogP contribution in [0.2, 0.25) is 0 Å². The number of amides is 1. The number of carbonyl (C=O) groups excluding carboxylic acids is 1. The van der Waals surface area contributed by atoms with Crippen LogP contribution in [-0.4, -0.2) is 19.0 Å². The van der Waals surface area contributed by atoms with E-state index < -0.39 is 0 Å². The van der Waals surface area contributed by atoms with Crippen LogP contribution in [0, 0.1) is 17.8 Å². The number of hydrogen-bond donors (Lipinski definition) is 2. The molecular weight excluding hydrogens is 200 g/mol. The summed E-state index contributed by atoms with van der Waals surface area (Å²) in [4.78, 5) is 11.6. The Bertz CT molecular complexity index is 214. The average molecular weight is 226 g/mol. The molecule has 0 saturated heterocycles. The highest BCUT2D eigenvalue weighted by atomic mass is 16.1. The van der Waals surface area contributed by atoms with Crippen molar-refractivity contribution >= 4 is 5.91 Å². The van der Waals surface area contributed by atoms with Gasteiger partial charge in [0, 0.05) is 13.0 Å². The summed E-state index contributed by atoms with van der Waals surface area (Å²) in [5.41, 5.74) is 5.59. The first-order valence-corrected chi connectivity index (χ1v) is 6.62. The summed E-state index contributed by atoms with van der Waals surface area (Å²) in [5.74, 6) is 2.07. The molecule has 16 heavy (non-hydrogen) atoms. The first-order valence-electron chi connectivity index (χ1n) is 6.62. The van der Waals surface area contributed by atoms with Crippen molar-refractivity contribution in [3.8, 4) is 0 Å². The molecule has 3 heteroatoms. The smallest absolute Gasteiger partial charge is 0.220 e. The van der Waals surface area contributed by atoms with E-state index >= 15 is 0 Å². The lowest BCUT2D eigenvalue weighted by molar-refractivity contribution is -0.122. The van der Waals surface area contributed by atoms with Crippen LogP contribution in [0.25, 0.3) is 0 Å². The molecule has 1 fully saturated rings. The molecule has 1 saturated carbocycles. The lowest BCUT2D eigenvalue weighted by Crippen LogP contribution is -2.31. The standard InChI is InChI=1S/C13H26N2O/c1-3-11(8-14)7-13(16)15-9-12-5-4-10(2)6-12/h10-12H,3-9,14H2,1-2H3,(H,15,16). The van der Waals surface area contributed by atoms with Crippen molar-refractivity contribution in [1.82, 2.24) is 5.32 Å². The van der Waals surface area contributed by atoms with Gasteiger partial charge in [-0.1, -0.05) is 26.7 Å². The molecular formula is C13H26N2O. The highest BCUT2D eigenvalue weighted by molar-refractivity contribution is 5.76. The quantitative estimate of drug-likeness (QED) is 0.727. The molecule has 0 aromatic heterocycles. The number of hydrogen-bond acceptors (Lipinski definition) is 2. The molecule has 0 aliphatic heterocycles. The topological polar surface area (TPSA) is 55.1 Å². The zero-order chi connectivity index (χ0) is 12.0. The van der Waals surface area contributed by atoms with Crippen LogP contribution in [0.1, 0.15) is 46.0 Å². The first kappa shape index (κ1) is 13.5. The van der Waals surface area contributed by atoms with Crippen molar-refractivity contribution in [2.75, 3.05) is 13.1 Å². The van der Waals surface area contributed by atoms with E-state index in [2.05, 4.69) is 19.2 Å². The van der Waals surface area contributed by atoms with Crippen molar-refractivity contribution in [3.63, 3.8) is 0 Å². The van der Waals surface area contributed by atoms with Gasteiger partial charge in [-0.2, -0.15) is 0 Å². The fourth-order valence-electron chi connectivity index (χ4n) is 2.50. The van der Waals surface area contributed by atoms with Gasteiger partial charge in [-0.25, -0.2) is 0 Å². The van der Waals surface area contributed by atoms with Gasteiger partial charge in [-0.15, -0.1) is 0 Å². The minimum atomic E-state index is 0.178. The monoisotopic (exact) mass is 226 g/mol. The molecule has 3 N–H and O–H groups in total. The number of nitrogens with two attached hydrogens (primary N) is 1. The van der Waals surface area contributed by atoms with Gasteiger partial charge in [-0.05, 0) is 37.1 Å². The van der Waals surface area contributed by atoms with Crippen LogP contribution in [0.5, 0.6) is 0 Å². The fourth-order valence-corrected chi connectivity index (χ4v) is 2.50. The molecule has 1 amide bonds. The molecule has 1 aliphatic rings. The normalized spacial score (nSPS) is 26.7. The Morgan fingerprint density at radius 2 is 2.25 bits per heavy atom. The van der Waals surface area contributed by atoms with Crippen LogP contribution >= 0.6 is 0 Å². The molecule has 0 aromatic carbocycles. The van der Waals surface area contributed by atoms with E-state index in [4.69, 9.17) is 5.73 Å². The maximum absolute atomic E-state index is 11.6. The first-order chi connectivity index (χ1) is 7.65. The summed E-state index contributed by atoms with van der Waals surface area (Å²) >= 11 is 0. The summed E-state index contributed by atoms with van der Waals surface area (Å²) in [7, 11) is 0. The third-order valence-electron chi connectivity index (χ3n) is 3.78. The summed E-state index contributed by atoms with van der Waals surface area (Å²) < 4.78 is 0. The van der Waals surface area contributed by atoms with E-state index in [1.807, 2.05) is 0 Å². The Balaban J connectivity index is 2.14. The molecule has 1 aliphatic carbocycles. The highest BCUT2D eigenvalue weighted by Crippen LogP contribution is 2.29. The maximum atomic E-state index is 11.6. The summed E-state index contributed by atoms with van der Waals surface area (Å²) in [6.07, 6.45) is 5.45. The summed E-state index contributed by atoms with van der Waals surface area (Å²) in [5, 5.41) is 3.05. The molecule has 1 rings (SSSR count). The Hall–Kier alpha value is -0.570. The lowest BCUT2D eigenvalue weighted by Gasteiger charge is -2.14. The van der Waals surface area contributed by atoms with Gasteiger partial charge in [0.05, 0.1) is 0 Å². The fraction of sp³-hybridized carbons (Fsp3) is 0.923. The molecule has 3 atom stereocenters. The van der Waals surface area contributed by atoms with Gasteiger partial charge < -0.3 is 11.1 Å². The number of nitrogens with one attached hydrogen (secondary N) is 1. The van der Waals surface area contributed by atoms with Crippen LogP contribution in [-0.2, 0) is 4.79 Å². The van der Waals surface area contributed by atoms with Crippen molar-refractivity contribution in [3.05, 3.63) is 0 Å². The summed E-state index contributed by atoms with van der Waals surface area (Å²) in [6.45, 7) is 5.86. The van der Waals surface area contributed by atoms with E-state index in [1.165, 1.54) is 19.3 Å². The molecule has 3 unspecified atom stereocenters. The predicted octanol–water partition coefficient (Wildman–Crippen LogP) is 1.91. The van der Waals surface area contributed by atoms with Crippen molar-refractivity contribution in [2.45, 2.75) is 46.0 Å². The molecule has 0 spiro atoms. The van der Waals surface area contributed by atoms with Gasteiger partial charge >= 0.3 is 0 Å². The molecule has 0 bridgehead atoms. The Labute approximate surface area is 99.2 Å². The van der Waals surface area contributed by atoms with Crippen molar-refractivity contribution in [1.29, 1.82) is 0 Å². The van der Waals surface area contributed by atoms with Crippen molar-refractivity contribution in [2.24, 2.45) is 23.5 Å². The van der Waals surface area contributed by atoms with Crippen LogP contribution in [0.3, 0.4) is 0 Å². The zero-order valence-corrected chi connectivity index (χ0v) is 10.7. The highest BCUT2D eigenvalue weighted by Gasteiger charge is 2.21. The van der Waals surface area contributed by atoms with Gasteiger partial charge in [0.25, 0.3) is 0 Å². The average Bonchev–Trinajstić information content (AvgIpc) is 2.69. The second kappa shape index (κ2) is 6.89. The van der Waals surface area contributed by atoms with Gasteiger partial charge in [0.15, 0.2) is 0 Å². The van der Waals surface area contributed by atoms with E-state index in [9.17, 15) is 4.79 Å². The minimum Gasteiger partial charge on any atom is -0.356 e. The number of carbonyl (C=O) groups is 1. The second-order valence-electron chi connectivity index (χ2n) is 5.30. The van der Waals surface area contributed by atoms with Crippen LogP contribution in [0.4, 0.5) is 0 Å². The van der Waals surface area contributed by atoms with Crippen LogP contribution in [0.15, 0.2) is 0 Å². The van der Waals surface area contributed by atoms with Gasteiger partial charge in [0.1, 0.15) is 0 Å². The molecule has 3 nitrogen and oxygen atoms in total. The number of rotatable bonds is 6. The molecule has 0 radical (unpaired) electrons. The zero-order valence-electron chi connectivity index (χ0n) is 10.7. The minimum absolute atomic E-state index is 0.178.